The number of hydroxylamine groups is 1. The molecule has 1 unspecified atom stereocenters. The average Bonchev–Trinajstić information content (AvgIpc) is 2.86. The lowest BCUT2D eigenvalue weighted by atomic mass is 9.71. The molecule has 2 saturated heterocycles. The van der Waals surface area contributed by atoms with E-state index in [1.165, 1.54) is 38.3 Å². The zero-order valence-electron chi connectivity index (χ0n) is 19.0. The van der Waals surface area contributed by atoms with Gasteiger partial charge in [-0.25, -0.2) is 19.7 Å². The smallest absolute Gasteiger partial charge is 0.303 e. The lowest BCUT2D eigenvalue weighted by Crippen LogP contribution is -2.56. The number of nitrogens with one attached hydrogen (secondary N) is 3. The minimum Gasteiger partial charge on any atom is -0.362 e. The maximum Gasteiger partial charge on any atom is 0.303 e. The van der Waals surface area contributed by atoms with Crippen molar-refractivity contribution < 1.29 is 18.8 Å². The van der Waals surface area contributed by atoms with Crippen LogP contribution in [0.15, 0.2) is 18.1 Å². The van der Waals surface area contributed by atoms with E-state index in [9.17, 15) is 9.18 Å². The molecule has 7 nitrogen and oxygen atoms in total. The van der Waals surface area contributed by atoms with Crippen molar-refractivity contribution in [2.45, 2.75) is 76.0 Å². The number of piperidine rings is 1. The number of nitrogens with zero attached hydrogens (tertiary/aromatic N) is 1. The molecule has 0 spiro atoms. The van der Waals surface area contributed by atoms with Crippen molar-refractivity contribution in [2.75, 3.05) is 25.0 Å². The molecule has 1 saturated carbocycles. The summed E-state index contributed by atoms with van der Waals surface area (Å²) in [6, 6.07) is 1.62. The minimum atomic E-state index is -0.987. The third-order valence-corrected chi connectivity index (χ3v) is 7.25. The molecule has 3 fully saturated rings. The Kier molecular flexibility index (Phi) is 8.57. The molecule has 9 heteroatoms. The number of pyridine rings is 1. The Balaban J connectivity index is 1.40. The monoisotopic (exact) mass is 480 g/mol. The van der Waals surface area contributed by atoms with E-state index in [4.69, 9.17) is 21.2 Å². The van der Waals surface area contributed by atoms with Crippen LogP contribution in [0.2, 0.25) is 5.02 Å². The van der Waals surface area contributed by atoms with Gasteiger partial charge in [0.15, 0.2) is 12.1 Å². The molecule has 2 atom stereocenters. The number of carbonyl (C=O) groups excluding carboxylic acids is 1. The maximum absolute atomic E-state index is 14.4. The number of anilines is 1. The molecule has 1 amide bonds. The summed E-state index contributed by atoms with van der Waals surface area (Å²) in [7, 11) is 0. The van der Waals surface area contributed by atoms with Crippen molar-refractivity contribution in [1.29, 1.82) is 0 Å². The van der Waals surface area contributed by atoms with Crippen LogP contribution in [0.5, 0.6) is 0 Å². The molecule has 4 rings (SSSR count). The van der Waals surface area contributed by atoms with E-state index in [0.717, 1.165) is 44.8 Å². The van der Waals surface area contributed by atoms with E-state index in [-0.39, 0.29) is 5.54 Å². The highest BCUT2D eigenvalue weighted by Crippen LogP contribution is 2.39. The van der Waals surface area contributed by atoms with Crippen LogP contribution in [0.3, 0.4) is 0 Å². The first-order chi connectivity index (χ1) is 16.1. The Labute approximate surface area is 199 Å². The first kappa shape index (κ1) is 24.4. The molecule has 3 N–H and O–H groups in total. The predicted octanol–water partition coefficient (Wildman–Crippen LogP) is 4.73. The second kappa shape index (κ2) is 11.6. The molecule has 0 aromatic carbocycles. The Bertz CT molecular complexity index is 835. The minimum absolute atomic E-state index is 0.0731. The molecular weight excluding hydrogens is 447 g/mol. The Morgan fingerprint density at radius 1 is 1.24 bits per heavy atom. The van der Waals surface area contributed by atoms with Gasteiger partial charge in [-0.05, 0) is 68.7 Å². The van der Waals surface area contributed by atoms with Crippen LogP contribution >= 0.6 is 11.6 Å². The second-order valence-corrected chi connectivity index (χ2v) is 9.74. The van der Waals surface area contributed by atoms with Crippen molar-refractivity contribution >= 4 is 29.4 Å². The highest BCUT2D eigenvalue weighted by Gasteiger charge is 2.40. The highest BCUT2D eigenvalue weighted by molar-refractivity contribution is 6.33. The summed E-state index contributed by atoms with van der Waals surface area (Å²) in [5.74, 6) is -0.775. The third kappa shape index (κ3) is 6.44. The molecule has 1 aromatic rings. The number of rotatable bonds is 7. The van der Waals surface area contributed by atoms with Gasteiger partial charge in [-0.3, -0.25) is 4.79 Å². The van der Waals surface area contributed by atoms with Gasteiger partial charge in [-0.15, -0.1) is 0 Å². The fourth-order valence-corrected chi connectivity index (χ4v) is 5.41. The van der Waals surface area contributed by atoms with Crippen LogP contribution in [0.1, 0.15) is 69.8 Å². The molecule has 1 aromatic heterocycles. The first-order valence-corrected chi connectivity index (χ1v) is 12.5. The largest absolute Gasteiger partial charge is 0.362 e. The number of halogens is 2. The third-order valence-electron chi connectivity index (χ3n) is 6.96. The fourth-order valence-electron chi connectivity index (χ4n) is 5.18. The Morgan fingerprint density at radius 2 is 2.06 bits per heavy atom. The van der Waals surface area contributed by atoms with Crippen molar-refractivity contribution in [2.24, 2.45) is 5.92 Å². The van der Waals surface area contributed by atoms with Crippen molar-refractivity contribution in [3.05, 3.63) is 28.7 Å². The topological polar surface area (TPSA) is 84.5 Å². The predicted molar refractivity (Wildman–Crippen MR) is 126 cm³/mol. The van der Waals surface area contributed by atoms with Crippen LogP contribution in [0, 0.1) is 5.92 Å². The van der Waals surface area contributed by atoms with E-state index in [1.807, 2.05) is 0 Å². The van der Waals surface area contributed by atoms with Crippen LogP contribution in [0.4, 0.5) is 10.2 Å². The summed E-state index contributed by atoms with van der Waals surface area (Å²) >= 11 is 6.54. The number of ether oxygens (including phenoxy) is 1. The summed E-state index contributed by atoms with van der Waals surface area (Å²) in [4.78, 5) is 21.6. The van der Waals surface area contributed by atoms with E-state index < -0.39 is 18.0 Å². The van der Waals surface area contributed by atoms with Crippen molar-refractivity contribution in [3.8, 4) is 0 Å². The van der Waals surface area contributed by atoms with Gasteiger partial charge in [0.05, 0.1) is 10.6 Å². The lowest BCUT2D eigenvalue weighted by molar-refractivity contribution is -0.199. The standard InChI is InChI=1S/C24H34ClFN4O3/c25-19-13-17(14-20(26)23(31)30-33-21-9-4-5-12-32-21)15-28-22(19)29-24(10-6-11-27-16-24)18-7-2-1-3-8-18/h13-15,18,21,27H,1-12,16H2,(H,28,29)(H,30,31)/b20-14-/t21?,24-/m0/s1. The molecule has 0 radical (unpaired) electrons. The molecule has 182 valence electrons. The SMILES string of the molecule is O=C(NOC1CCCCO1)/C(F)=C/c1cnc(N[C@@]2(C3CCCCC3)CCCNC2)c(Cl)c1. The van der Waals surface area contributed by atoms with Crippen LogP contribution in [-0.4, -0.2) is 42.4 Å². The Hall–Kier alpha value is -1.74. The molecule has 1 aliphatic carbocycles. The zero-order chi connectivity index (χ0) is 23.1. The second-order valence-electron chi connectivity index (χ2n) is 9.33. The van der Waals surface area contributed by atoms with Crippen LogP contribution < -0.4 is 16.1 Å². The summed E-state index contributed by atoms with van der Waals surface area (Å²) in [6.07, 6.45) is 13.1. The molecular formula is C24H34ClFN4O3. The molecule has 33 heavy (non-hydrogen) atoms. The Morgan fingerprint density at radius 3 is 2.76 bits per heavy atom. The zero-order valence-corrected chi connectivity index (χ0v) is 19.8. The van der Waals surface area contributed by atoms with Crippen molar-refractivity contribution in [3.63, 3.8) is 0 Å². The van der Waals surface area contributed by atoms with E-state index in [2.05, 4.69) is 21.1 Å². The first-order valence-electron chi connectivity index (χ1n) is 12.1. The van der Waals surface area contributed by atoms with Crippen molar-refractivity contribution in [1.82, 2.24) is 15.8 Å². The maximum atomic E-state index is 14.4. The number of hydrogen-bond acceptors (Lipinski definition) is 6. The molecule has 3 heterocycles. The molecule has 0 bridgehead atoms. The summed E-state index contributed by atoms with van der Waals surface area (Å²) < 4.78 is 19.7. The van der Waals surface area contributed by atoms with Crippen LogP contribution in [0.25, 0.3) is 6.08 Å². The summed E-state index contributed by atoms with van der Waals surface area (Å²) in [5, 5.41) is 7.61. The quantitative estimate of drug-likeness (QED) is 0.386. The number of amides is 1. The fraction of sp³-hybridized carbons (Fsp3) is 0.667. The lowest BCUT2D eigenvalue weighted by Gasteiger charge is -2.46. The van der Waals surface area contributed by atoms with Gasteiger partial charge in [0.2, 0.25) is 0 Å². The number of hydrogen-bond donors (Lipinski definition) is 3. The van der Waals surface area contributed by atoms with Gasteiger partial charge in [0.1, 0.15) is 5.82 Å². The van der Waals surface area contributed by atoms with Gasteiger partial charge in [0.25, 0.3) is 0 Å². The van der Waals surface area contributed by atoms with Gasteiger partial charge < -0.3 is 15.4 Å². The van der Waals surface area contributed by atoms with Gasteiger partial charge in [-0.1, -0.05) is 30.9 Å². The molecule has 2 aliphatic heterocycles. The van der Waals surface area contributed by atoms with Gasteiger partial charge in [0, 0.05) is 25.8 Å². The molecule has 3 aliphatic rings. The highest BCUT2D eigenvalue weighted by atomic mass is 35.5. The van der Waals surface area contributed by atoms with E-state index >= 15 is 0 Å². The van der Waals surface area contributed by atoms with E-state index in [0.29, 0.717) is 35.3 Å². The number of carbonyl (C=O) groups is 1. The summed E-state index contributed by atoms with van der Waals surface area (Å²) in [6.45, 7) is 2.48. The van der Waals surface area contributed by atoms with Crippen LogP contribution in [-0.2, 0) is 14.4 Å². The average molecular weight is 481 g/mol. The summed E-state index contributed by atoms with van der Waals surface area (Å²) in [5.41, 5.74) is 2.44. The van der Waals surface area contributed by atoms with Gasteiger partial charge in [-0.2, -0.15) is 0 Å². The van der Waals surface area contributed by atoms with Gasteiger partial charge >= 0.3 is 5.91 Å². The van der Waals surface area contributed by atoms with E-state index in [1.54, 1.807) is 6.07 Å². The normalized spacial score (nSPS) is 27.2. The number of aromatic nitrogens is 1.